The molecular weight excluding hydrogens is 590 g/mol. The van der Waals surface area contributed by atoms with Crippen LogP contribution in [0.25, 0.3) is 11.1 Å². The standard InChI is InChI=1S/C44H49NO3/c1-40-20-16-35(46)26-42(40)23-24-44(36(27-42)39(47)33-14-12-32(13-15-33)30-8-4-3-5-9-30)37(40)17-21-41(2)38(44)18-22-43(41,48)29-45-25-19-31-10-6-7-11-34(31)28-45/h3-15,23-24,27,35,37-38,46,48H,16-22,25-26,28-29H2,1-2H3/t35?,37-,38-,40-,41+,42+,43-,44-/m1/s1. The van der Waals surface area contributed by atoms with Crippen molar-refractivity contribution >= 4 is 5.78 Å². The second-order valence-electron chi connectivity index (χ2n) is 16.8. The zero-order valence-electron chi connectivity index (χ0n) is 28.5. The van der Waals surface area contributed by atoms with Gasteiger partial charge >= 0.3 is 0 Å². The Bertz CT molecular complexity index is 1830. The molecule has 1 aliphatic heterocycles. The van der Waals surface area contributed by atoms with E-state index < -0.39 is 11.0 Å². The molecule has 48 heavy (non-hydrogen) atoms. The van der Waals surface area contributed by atoms with E-state index in [-0.39, 0.29) is 34.1 Å². The van der Waals surface area contributed by atoms with E-state index in [1.807, 2.05) is 30.3 Å². The predicted molar refractivity (Wildman–Crippen MR) is 190 cm³/mol. The molecule has 7 aliphatic rings. The Kier molecular flexibility index (Phi) is 6.78. The maximum atomic E-state index is 15.0. The van der Waals surface area contributed by atoms with Gasteiger partial charge in [-0.2, -0.15) is 0 Å². The van der Waals surface area contributed by atoms with Crippen molar-refractivity contribution in [2.75, 3.05) is 13.1 Å². The highest BCUT2D eigenvalue weighted by Crippen LogP contribution is 2.78. The molecule has 3 fully saturated rings. The maximum Gasteiger partial charge on any atom is 0.189 e. The van der Waals surface area contributed by atoms with Gasteiger partial charge in [0.15, 0.2) is 5.78 Å². The number of nitrogens with zero attached hydrogens (tertiary/aromatic N) is 1. The number of aliphatic hydroxyl groups excluding tert-OH is 1. The van der Waals surface area contributed by atoms with Gasteiger partial charge in [-0.15, -0.1) is 0 Å². The smallest absolute Gasteiger partial charge is 0.189 e. The highest BCUT2D eigenvalue weighted by atomic mass is 16.3. The Hall–Kier alpha value is -3.31. The first-order valence-corrected chi connectivity index (χ1v) is 18.4. The minimum absolute atomic E-state index is 0.0272. The molecule has 4 heteroatoms. The number of β-amino-alcohol motifs (C(OH)–C–C–N with tert-alkyl or cyclic N) is 1. The van der Waals surface area contributed by atoms with Crippen molar-refractivity contribution in [2.45, 2.75) is 83.5 Å². The zero-order chi connectivity index (χ0) is 32.9. The minimum atomic E-state index is -0.821. The Balaban J connectivity index is 1.11. The molecule has 2 N–H and O–H groups in total. The molecule has 6 aliphatic carbocycles. The van der Waals surface area contributed by atoms with Gasteiger partial charge in [-0.1, -0.05) is 111 Å². The van der Waals surface area contributed by atoms with Gasteiger partial charge in [0.2, 0.25) is 0 Å². The number of carbonyl (C=O) groups excluding carboxylic acids is 1. The first-order valence-electron chi connectivity index (χ1n) is 18.4. The summed E-state index contributed by atoms with van der Waals surface area (Å²) in [6, 6.07) is 27.3. The average molecular weight is 640 g/mol. The largest absolute Gasteiger partial charge is 0.393 e. The topological polar surface area (TPSA) is 60.8 Å². The molecule has 1 heterocycles. The van der Waals surface area contributed by atoms with Crippen molar-refractivity contribution in [3.05, 3.63) is 119 Å². The monoisotopic (exact) mass is 639 g/mol. The second kappa shape index (κ2) is 10.6. The van der Waals surface area contributed by atoms with Gasteiger partial charge in [0.25, 0.3) is 0 Å². The molecule has 3 saturated carbocycles. The number of allylic oxidation sites excluding steroid dienone is 4. The molecule has 2 spiro atoms. The number of carbonyl (C=O) groups is 1. The lowest BCUT2D eigenvalue weighted by Crippen LogP contribution is -2.67. The molecule has 3 aromatic carbocycles. The molecule has 0 radical (unpaired) electrons. The summed E-state index contributed by atoms with van der Waals surface area (Å²) in [7, 11) is 0. The summed E-state index contributed by atoms with van der Waals surface area (Å²) in [5.74, 6) is 0.595. The van der Waals surface area contributed by atoms with Crippen LogP contribution >= 0.6 is 0 Å². The van der Waals surface area contributed by atoms with Crippen LogP contribution in [-0.2, 0) is 13.0 Å². The number of rotatable bonds is 5. The summed E-state index contributed by atoms with van der Waals surface area (Å²) in [5, 5.41) is 23.9. The molecule has 0 saturated heterocycles. The Morgan fingerprint density at radius 2 is 1.46 bits per heavy atom. The number of fused-ring (bicyclic) bond motifs is 2. The average Bonchev–Trinajstić information content (AvgIpc) is 3.38. The molecule has 0 aromatic heterocycles. The first-order chi connectivity index (χ1) is 23.1. The van der Waals surface area contributed by atoms with E-state index in [1.54, 1.807) is 0 Å². The number of benzene rings is 3. The predicted octanol–water partition coefficient (Wildman–Crippen LogP) is 8.19. The van der Waals surface area contributed by atoms with Crippen molar-refractivity contribution < 1.29 is 15.0 Å². The fourth-order valence-electron chi connectivity index (χ4n) is 12.3. The van der Waals surface area contributed by atoms with Crippen LogP contribution in [0.1, 0.15) is 80.3 Å². The summed E-state index contributed by atoms with van der Waals surface area (Å²) in [4.78, 5) is 17.5. The van der Waals surface area contributed by atoms with Crippen molar-refractivity contribution in [1.82, 2.24) is 4.90 Å². The van der Waals surface area contributed by atoms with Gasteiger partial charge in [0.05, 0.1) is 11.7 Å². The van der Waals surface area contributed by atoms with Crippen LogP contribution in [0, 0.1) is 33.5 Å². The SMILES string of the molecule is C[C@]12CC[C@H]3[C@]4(C=C[C@@]5(C=C4C(=O)c4ccc(-c6ccccc6)cc4)CC(O)CC[C@]35C)[C@@H]1CC[C@@]2(O)CN1CCc2ccccc2C1. The second-order valence-corrected chi connectivity index (χ2v) is 16.8. The molecule has 8 atom stereocenters. The molecule has 1 unspecified atom stereocenters. The van der Waals surface area contributed by atoms with Gasteiger partial charge in [-0.3, -0.25) is 9.69 Å². The summed E-state index contributed by atoms with van der Waals surface area (Å²) in [6.45, 7) is 7.36. The van der Waals surface area contributed by atoms with Gasteiger partial charge in [-0.05, 0) is 90.9 Å². The Labute approximate surface area is 285 Å². The fraction of sp³-hybridized carbons (Fsp3) is 0.477. The lowest BCUT2D eigenvalue weighted by molar-refractivity contribution is -0.176. The third-order valence-corrected chi connectivity index (χ3v) is 14.9. The Morgan fingerprint density at radius 3 is 2.25 bits per heavy atom. The summed E-state index contributed by atoms with van der Waals surface area (Å²) in [6.07, 6.45) is 14.0. The molecule has 0 amide bonds. The van der Waals surface area contributed by atoms with Crippen molar-refractivity contribution in [3.8, 4) is 11.1 Å². The van der Waals surface area contributed by atoms with Crippen LogP contribution in [0.15, 0.2) is 103 Å². The quantitative estimate of drug-likeness (QED) is 0.218. The number of ketones is 1. The maximum absolute atomic E-state index is 15.0. The van der Waals surface area contributed by atoms with E-state index >= 15 is 0 Å². The number of hydrogen-bond acceptors (Lipinski definition) is 4. The molecule has 248 valence electrons. The Morgan fingerprint density at radius 1 is 0.792 bits per heavy atom. The normalized spacial score (nSPS) is 39.6. The highest BCUT2D eigenvalue weighted by Gasteiger charge is 2.74. The molecular formula is C44H49NO3. The van der Waals surface area contributed by atoms with E-state index in [1.165, 1.54) is 11.1 Å². The van der Waals surface area contributed by atoms with Gasteiger partial charge in [0, 0.05) is 47.0 Å². The third-order valence-electron chi connectivity index (χ3n) is 14.9. The summed E-state index contributed by atoms with van der Waals surface area (Å²) in [5.41, 5.74) is 4.82. The van der Waals surface area contributed by atoms with Crippen LogP contribution < -0.4 is 0 Å². The molecule has 2 bridgehead atoms. The number of aliphatic hydroxyl groups is 2. The lowest BCUT2D eigenvalue weighted by Gasteiger charge is -2.71. The highest BCUT2D eigenvalue weighted by molar-refractivity contribution is 6.10. The van der Waals surface area contributed by atoms with Crippen LogP contribution in [0.3, 0.4) is 0 Å². The van der Waals surface area contributed by atoms with Crippen molar-refractivity contribution in [1.29, 1.82) is 0 Å². The lowest BCUT2D eigenvalue weighted by atomic mass is 9.32. The van der Waals surface area contributed by atoms with Crippen LogP contribution in [0.2, 0.25) is 0 Å². The van der Waals surface area contributed by atoms with E-state index in [0.29, 0.717) is 18.9 Å². The molecule has 10 rings (SSSR count). The third kappa shape index (κ3) is 4.09. The van der Waals surface area contributed by atoms with Crippen LogP contribution in [0.4, 0.5) is 0 Å². The number of Topliss-reactive ketones (excluding diaryl/α,β-unsaturated/α-hetero) is 1. The van der Waals surface area contributed by atoms with Crippen molar-refractivity contribution in [2.24, 2.45) is 33.5 Å². The molecule has 3 aromatic rings. The van der Waals surface area contributed by atoms with Gasteiger partial charge in [-0.25, -0.2) is 0 Å². The van der Waals surface area contributed by atoms with Gasteiger partial charge in [0.1, 0.15) is 0 Å². The van der Waals surface area contributed by atoms with Crippen molar-refractivity contribution in [3.63, 3.8) is 0 Å². The minimum Gasteiger partial charge on any atom is -0.393 e. The van der Waals surface area contributed by atoms with Crippen LogP contribution in [-0.4, -0.2) is 45.7 Å². The van der Waals surface area contributed by atoms with Crippen LogP contribution in [0.5, 0.6) is 0 Å². The molecule has 4 nitrogen and oxygen atoms in total. The summed E-state index contributed by atoms with van der Waals surface area (Å²) < 4.78 is 0. The van der Waals surface area contributed by atoms with Gasteiger partial charge < -0.3 is 10.2 Å². The van der Waals surface area contributed by atoms with E-state index in [2.05, 4.69) is 85.5 Å². The van der Waals surface area contributed by atoms with E-state index in [4.69, 9.17) is 0 Å². The zero-order valence-corrected chi connectivity index (χ0v) is 28.5. The number of hydrogen-bond donors (Lipinski definition) is 2. The fourth-order valence-corrected chi connectivity index (χ4v) is 12.3. The van der Waals surface area contributed by atoms with E-state index in [9.17, 15) is 15.0 Å². The van der Waals surface area contributed by atoms with E-state index in [0.717, 1.165) is 80.3 Å². The summed E-state index contributed by atoms with van der Waals surface area (Å²) >= 11 is 0. The first kappa shape index (κ1) is 30.7.